The average molecular weight is 397 g/mol. The zero-order valence-corrected chi connectivity index (χ0v) is 17.1. The molecule has 6 heteroatoms. The van der Waals surface area contributed by atoms with Crippen LogP contribution in [0.25, 0.3) is 0 Å². The lowest BCUT2D eigenvalue weighted by molar-refractivity contribution is -0.120. The third-order valence-electron chi connectivity index (χ3n) is 4.29. The summed E-state index contributed by atoms with van der Waals surface area (Å²) in [6, 6.07) is 13.8. The van der Waals surface area contributed by atoms with Gasteiger partial charge >= 0.3 is 0 Å². The molecule has 1 aromatic heterocycles. The molecule has 0 spiro atoms. The molecule has 0 radical (unpaired) electrons. The van der Waals surface area contributed by atoms with Crippen LogP contribution in [0.3, 0.4) is 0 Å². The maximum Gasteiger partial charge on any atom is 0.226 e. The van der Waals surface area contributed by atoms with Crippen LogP contribution in [0.1, 0.15) is 27.4 Å². The first-order chi connectivity index (χ1) is 13.5. The standard InChI is InChI=1S/C22H24N2O3S/c1-15-4-8-19(9-5-15)27-13-22-24-18(14-28-22)11-21(25)23-12-17-7-6-16(2)20(10-17)26-3/h4-10,14H,11-13H2,1-3H3,(H,23,25). The molecule has 0 aliphatic rings. The Morgan fingerprint density at radius 3 is 2.68 bits per heavy atom. The fourth-order valence-electron chi connectivity index (χ4n) is 2.68. The molecule has 1 amide bonds. The summed E-state index contributed by atoms with van der Waals surface area (Å²) in [6.45, 7) is 4.89. The quantitative estimate of drug-likeness (QED) is 0.620. The number of carbonyl (C=O) groups is 1. The van der Waals surface area contributed by atoms with Crippen molar-refractivity contribution < 1.29 is 14.3 Å². The normalized spacial score (nSPS) is 10.5. The number of hydrogen-bond acceptors (Lipinski definition) is 5. The number of ether oxygens (including phenoxy) is 2. The molecule has 0 saturated heterocycles. The number of rotatable bonds is 8. The minimum absolute atomic E-state index is 0.0594. The highest BCUT2D eigenvalue weighted by Crippen LogP contribution is 2.19. The second-order valence-corrected chi connectivity index (χ2v) is 7.53. The molecule has 0 atom stereocenters. The molecular weight excluding hydrogens is 372 g/mol. The van der Waals surface area contributed by atoms with Crippen LogP contribution >= 0.6 is 11.3 Å². The summed E-state index contributed by atoms with van der Waals surface area (Å²) in [6.07, 6.45) is 0.254. The Morgan fingerprint density at radius 2 is 1.93 bits per heavy atom. The molecule has 5 nitrogen and oxygen atoms in total. The van der Waals surface area contributed by atoms with Crippen LogP contribution in [-0.4, -0.2) is 18.0 Å². The first-order valence-electron chi connectivity index (χ1n) is 9.06. The van der Waals surface area contributed by atoms with Crippen molar-refractivity contribution in [1.29, 1.82) is 0 Å². The highest BCUT2D eigenvalue weighted by molar-refractivity contribution is 7.09. The van der Waals surface area contributed by atoms with E-state index in [0.29, 0.717) is 13.2 Å². The predicted molar refractivity (Wildman–Crippen MR) is 111 cm³/mol. The zero-order chi connectivity index (χ0) is 19.9. The molecule has 0 saturated carbocycles. The number of aromatic nitrogens is 1. The monoisotopic (exact) mass is 396 g/mol. The van der Waals surface area contributed by atoms with Crippen molar-refractivity contribution in [3.05, 3.63) is 75.2 Å². The van der Waals surface area contributed by atoms with Gasteiger partial charge in [0.15, 0.2) is 0 Å². The number of aryl methyl sites for hydroxylation is 2. The molecule has 3 rings (SSSR count). The van der Waals surface area contributed by atoms with Gasteiger partial charge in [-0.3, -0.25) is 4.79 Å². The lowest BCUT2D eigenvalue weighted by atomic mass is 10.1. The van der Waals surface area contributed by atoms with Gasteiger partial charge in [0.05, 0.1) is 19.2 Å². The number of methoxy groups -OCH3 is 1. The van der Waals surface area contributed by atoms with Gasteiger partial charge in [-0.2, -0.15) is 0 Å². The van der Waals surface area contributed by atoms with Crippen LogP contribution in [0.2, 0.25) is 0 Å². The van der Waals surface area contributed by atoms with Gasteiger partial charge in [0.2, 0.25) is 5.91 Å². The van der Waals surface area contributed by atoms with Gasteiger partial charge in [0.1, 0.15) is 23.1 Å². The van der Waals surface area contributed by atoms with E-state index in [1.54, 1.807) is 7.11 Å². The molecule has 2 aromatic carbocycles. The molecule has 3 aromatic rings. The Morgan fingerprint density at radius 1 is 1.14 bits per heavy atom. The van der Waals surface area contributed by atoms with Crippen molar-refractivity contribution in [2.24, 2.45) is 0 Å². The van der Waals surface area contributed by atoms with Crippen LogP contribution < -0.4 is 14.8 Å². The summed E-state index contributed by atoms with van der Waals surface area (Å²) in [4.78, 5) is 16.7. The number of nitrogens with zero attached hydrogens (tertiary/aromatic N) is 1. The summed E-state index contributed by atoms with van der Waals surface area (Å²) >= 11 is 1.50. The first-order valence-corrected chi connectivity index (χ1v) is 9.94. The number of benzene rings is 2. The summed E-state index contributed by atoms with van der Waals surface area (Å²) in [7, 11) is 1.65. The Labute approximate surface area is 169 Å². The first kappa shape index (κ1) is 19.9. The van der Waals surface area contributed by atoms with Gasteiger partial charge in [0, 0.05) is 11.9 Å². The predicted octanol–water partition coefficient (Wildman–Crippen LogP) is 4.21. The fourth-order valence-corrected chi connectivity index (χ4v) is 3.38. The van der Waals surface area contributed by atoms with Gasteiger partial charge in [-0.1, -0.05) is 29.8 Å². The van der Waals surface area contributed by atoms with Gasteiger partial charge in [-0.15, -0.1) is 11.3 Å². The van der Waals surface area contributed by atoms with Crippen LogP contribution in [0.5, 0.6) is 11.5 Å². The van der Waals surface area contributed by atoms with Crippen LogP contribution in [-0.2, 0) is 24.4 Å². The van der Waals surface area contributed by atoms with E-state index in [1.807, 2.05) is 61.7 Å². The maximum atomic E-state index is 12.2. The molecule has 0 aliphatic heterocycles. The topological polar surface area (TPSA) is 60.5 Å². The number of thiazole rings is 1. The number of carbonyl (C=O) groups excluding carboxylic acids is 1. The third-order valence-corrected chi connectivity index (χ3v) is 5.16. The van der Waals surface area contributed by atoms with E-state index in [9.17, 15) is 4.79 Å². The number of amides is 1. The summed E-state index contributed by atoms with van der Waals surface area (Å²) in [5.41, 5.74) is 4.02. The van der Waals surface area contributed by atoms with E-state index in [4.69, 9.17) is 9.47 Å². The lowest BCUT2D eigenvalue weighted by Crippen LogP contribution is -2.24. The van der Waals surface area contributed by atoms with Crippen molar-refractivity contribution >= 4 is 17.2 Å². The van der Waals surface area contributed by atoms with Crippen molar-refractivity contribution in [2.75, 3.05) is 7.11 Å². The smallest absolute Gasteiger partial charge is 0.226 e. The summed E-state index contributed by atoms with van der Waals surface area (Å²) in [5, 5.41) is 5.69. The van der Waals surface area contributed by atoms with Crippen molar-refractivity contribution in [1.82, 2.24) is 10.3 Å². The van der Waals surface area contributed by atoms with E-state index in [1.165, 1.54) is 16.9 Å². The van der Waals surface area contributed by atoms with Crippen LogP contribution in [0.4, 0.5) is 0 Å². The Balaban J connectivity index is 1.47. The van der Waals surface area contributed by atoms with E-state index in [0.717, 1.165) is 33.3 Å². The van der Waals surface area contributed by atoms with Crippen LogP contribution in [0, 0.1) is 13.8 Å². The van der Waals surface area contributed by atoms with Gasteiger partial charge in [-0.25, -0.2) is 4.98 Å². The van der Waals surface area contributed by atoms with E-state index < -0.39 is 0 Å². The molecule has 0 aliphatic carbocycles. The third kappa shape index (κ3) is 5.57. The summed E-state index contributed by atoms with van der Waals surface area (Å²) in [5.74, 6) is 1.58. The van der Waals surface area contributed by atoms with Crippen molar-refractivity contribution in [3.8, 4) is 11.5 Å². The minimum atomic E-state index is -0.0594. The average Bonchev–Trinajstić information content (AvgIpc) is 3.14. The highest BCUT2D eigenvalue weighted by Gasteiger charge is 2.09. The van der Waals surface area contributed by atoms with Gasteiger partial charge in [0.25, 0.3) is 0 Å². The Hall–Kier alpha value is -2.86. The molecule has 0 fully saturated rings. The molecule has 1 heterocycles. The van der Waals surface area contributed by atoms with Gasteiger partial charge < -0.3 is 14.8 Å². The van der Waals surface area contributed by atoms with Crippen molar-refractivity contribution in [3.63, 3.8) is 0 Å². The van der Waals surface area contributed by atoms with Crippen LogP contribution in [0.15, 0.2) is 47.8 Å². The molecule has 146 valence electrons. The maximum absolute atomic E-state index is 12.2. The molecular formula is C22H24N2O3S. The molecule has 1 N–H and O–H groups in total. The van der Waals surface area contributed by atoms with E-state index >= 15 is 0 Å². The SMILES string of the molecule is COc1cc(CNC(=O)Cc2csc(COc3ccc(C)cc3)n2)ccc1C. The Kier molecular flexibility index (Phi) is 6.66. The molecule has 28 heavy (non-hydrogen) atoms. The number of hydrogen-bond donors (Lipinski definition) is 1. The fraction of sp³-hybridized carbons (Fsp3) is 0.273. The van der Waals surface area contributed by atoms with Crippen molar-refractivity contribution in [2.45, 2.75) is 33.4 Å². The van der Waals surface area contributed by atoms with E-state index in [2.05, 4.69) is 10.3 Å². The lowest BCUT2D eigenvalue weighted by Gasteiger charge is -2.08. The van der Waals surface area contributed by atoms with Gasteiger partial charge in [-0.05, 0) is 43.2 Å². The second-order valence-electron chi connectivity index (χ2n) is 6.59. The molecule has 0 unspecified atom stereocenters. The minimum Gasteiger partial charge on any atom is -0.496 e. The number of nitrogens with one attached hydrogen (secondary N) is 1. The Bertz CT molecular complexity index is 935. The second kappa shape index (κ2) is 9.37. The zero-order valence-electron chi connectivity index (χ0n) is 16.3. The molecule has 0 bridgehead atoms. The highest BCUT2D eigenvalue weighted by atomic mass is 32.1. The summed E-state index contributed by atoms with van der Waals surface area (Å²) < 4.78 is 11.1. The largest absolute Gasteiger partial charge is 0.496 e. The van der Waals surface area contributed by atoms with E-state index in [-0.39, 0.29) is 12.3 Å².